The topological polar surface area (TPSA) is 29.5 Å². The molecule has 0 fully saturated rings. The molecule has 2 heteroatoms. The molecule has 2 rings (SSSR count). The van der Waals surface area contributed by atoms with Gasteiger partial charge in [0.1, 0.15) is 5.75 Å². The van der Waals surface area contributed by atoms with Crippen molar-refractivity contribution < 1.29 is 9.84 Å². The summed E-state index contributed by atoms with van der Waals surface area (Å²) in [7, 11) is 0. The number of ether oxygens (including phenoxy) is 1. The molecule has 0 saturated carbocycles. The van der Waals surface area contributed by atoms with Crippen molar-refractivity contribution in [3.8, 4) is 17.2 Å². The van der Waals surface area contributed by atoms with E-state index in [1.54, 1.807) is 6.07 Å². The summed E-state index contributed by atoms with van der Waals surface area (Å²) in [6, 6.07) is 13.3. The fraction of sp³-hybridized carbons (Fsp3) is 0.333. The lowest BCUT2D eigenvalue weighted by molar-refractivity contribution is 0.406. The quantitative estimate of drug-likeness (QED) is 0.729. The molecule has 0 saturated heterocycles. The van der Waals surface area contributed by atoms with E-state index in [0.717, 1.165) is 24.2 Å². The van der Waals surface area contributed by atoms with Crippen LogP contribution in [-0.4, -0.2) is 5.11 Å². The molecule has 2 nitrogen and oxygen atoms in total. The Balaban J connectivity index is 2.27. The van der Waals surface area contributed by atoms with Gasteiger partial charge in [-0.1, -0.05) is 44.0 Å². The maximum atomic E-state index is 10.1. The molecule has 0 aliphatic rings. The van der Waals surface area contributed by atoms with Crippen molar-refractivity contribution in [3.05, 3.63) is 53.6 Å². The average molecular weight is 270 g/mol. The minimum atomic E-state index is 0.214. The summed E-state index contributed by atoms with van der Waals surface area (Å²) >= 11 is 0. The normalized spacial score (nSPS) is 10.5. The van der Waals surface area contributed by atoms with Crippen LogP contribution in [0.25, 0.3) is 0 Å². The Bertz CT molecular complexity index is 547. The van der Waals surface area contributed by atoms with Crippen LogP contribution in [0.4, 0.5) is 0 Å². The first-order valence-electron chi connectivity index (χ1n) is 7.26. The zero-order valence-electron chi connectivity index (χ0n) is 12.2. The van der Waals surface area contributed by atoms with Crippen LogP contribution in [0.3, 0.4) is 0 Å². The number of unbranched alkanes of at least 4 members (excludes halogenated alkanes) is 2. The predicted molar refractivity (Wildman–Crippen MR) is 82.6 cm³/mol. The fourth-order valence-electron chi connectivity index (χ4n) is 2.30. The minimum absolute atomic E-state index is 0.214. The second-order valence-electron chi connectivity index (χ2n) is 5.08. The van der Waals surface area contributed by atoms with Crippen molar-refractivity contribution in [1.29, 1.82) is 0 Å². The molecule has 0 atom stereocenters. The third kappa shape index (κ3) is 3.53. The molecular weight excluding hydrogens is 248 g/mol. The van der Waals surface area contributed by atoms with Gasteiger partial charge in [-0.15, -0.1) is 0 Å². The van der Waals surface area contributed by atoms with Crippen molar-refractivity contribution in [2.24, 2.45) is 0 Å². The molecule has 0 aromatic heterocycles. The molecule has 0 spiro atoms. The Morgan fingerprint density at radius 3 is 2.45 bits per heavy atom. The highest BCUT2D eigenvalue weighted by atomic mass is 16.5. The summed E-state index contributed by atoms with van der Waals surface area (Å²) in [6.45, 7) is 4.26. The van der Waals surface area contributed by atoms with Gasteiger partial charge in [0.15, 0.2) is 11.5 Å². The van der Waals surface area contributed by atoms with Crippen LogP contribution in [0.1, 0.15) is 37.3 Å². The van der Waals surface area contributed by atoms with Crippen LogP contribution >= 0.6 is 0 Å². The standard InChI is InChI=1S/C18H22O2/c1-3-4-6-11-16-14(2)12-13-17(19)18(16)20-15-9-7-5-8-10-15/h5,7-10,12-13,19H,3-4,6,11H2,1-2H3. The number of rotatable bonds is 6. The SMILES string of the molecule is CCCCCc1c(C)ccc(O)c1Oc1ccccc1. The smallest absolute Gasteiger partial charge is 0.172 e. The van der Waals surface area contributed by atoms with Crippen LogP contribution in [0.15, 0.2) is 42.5 Å². The van der Waals surface area contributed by atoms with Gasteiger partial charge in [-0.25, -0.2) is 0 Å². The third-order valence-electron chi connectivity index (χ3n) is 3.47. The van der Waals surface area contributed by atoms with Crippen LogP contribution in [0, 0.1) is 6.92 Å². The number of hydrogen-bond donors (Lipinski definition) is 1. The van der Waals surface area contributed by atoms with E-state index in [9.17, 15) is 5.11 Å². The van der Waals surface area contributed by atoms with E-state index in [4.69, 9.17) is 4.74 Å². The maximum absolute atomic E-state index is 10.1. The Morgan fingerprint density at radius 1 is 1.00 bits per heavy atom. The number of phenolic OH excluding ortho intramolecular Hbond substituents is 1. The molecule has 106 valence electrons. The Labute approximate surface area is 121 Å². The van der Waals surface area contributed by atoms with Crippen LogP contribution < -0.4 is 4.74 Å². The van der Waals surface area contributed by atoms with Gasteiger partial charge >= 0.3 is 0 Å². The van der Waals surface area contributed by atoms with E-state index >= 15 is 0 Å². The molecule has 0 amide bonds. The summed E-state index contributed by atoms with van der Waals surface area (Å²) in [5.41, 5.74) is 2.28. The summed E-state index contributed by atoms with van der Waals surface area (Å²) in [5, 5.41) is 10.1. The molecular formula is C18H22O2. The van der Waals surface area contributed by atoms with E-state index in [-0.39, 0.29) is 5.75 Å². The number of phenols is 1. The highest BCUT2D eigenvalue weighted by Crippen LogP contribution is 2.37. The zero-order valence-corrected chi connectivity index (χ0v) is 12.2. The van der Waals surface area contributed by atoms with Gasteiger partial charge in [0.25, 0.3) is 0 Å². The zero-order chi connectivity index (χ0) is 14.4. The third-order valence-corrected chi connectivity index (χ3v) is 3.47. The van der Waals surface area contributed by atoms with Gasteiger partial charge in [-0.3, -0.25) is 0 Å². The van der Waals surface area contributed by atoms with Crippen molar-refractivity contribution in [3.63, 3.8) is 0 Å². The van der Waals surface area contributed by atoms with Crippen LogP contribution in [0.2, 0.25) is 0 Å². The largest absolute Gasteiger partial charge is 0.504 e. The van der Waals surface area contributed by atoms with Gasteiger partial charge in [-0.05, 0) is 43.5 Å². The van der Waals surface area contributed by atoms with E-state index in [0.29, 0.717) is 5.75 Å². The number of benzene rings is 2. The average Bonchev–Trinajstić information content (AvgIpc) is 2.47. The number of para-hydroxylation sites is 1. The molecule has 0 aliphatic heterocycles. The van der Waals surface area contributed by atoms with Crippen LogP contribution in [-0.2, 0) is 6.42 Å². The maximum Gasteiger partial charge on any atom is 0.172 e. The second-order valence-corrected chi connectivity index (χ2v) is 5.08. The minimum Gasteiger partial charge on any atom is -0.504 e. The lowest BCUT2D eigenvalue weighted by Gasteiger charge is -2.15. The monoisotopic (exact) mass is 270 g/mol. The Kier molecular flexibility index (Phi) is 5.05. The first-order chi connectivity index (χ1) is 9.72. The molecule has 0 bridgehead atoms. The predicted octanol–water partition coefficient (Wildman–Crippen LogP) is 5.23. The van der Waals surface area contributed by atoms with Crippen molar-refractivity contribution in [2.45, 2.75) is 39.5 Å². The molecule has 0 radical (unpaired) electrons. The first kappa shape index (κ1) is 14.4. The Morgan fingerprint density at radius 2 is 1.75 bits per heavy atom. The first-order valence-corrected chi connectivity index (χ1v) is 7.26. The van der Waals surface area contributed by atoms with E-state index in [1.165, 1.54) is 18.4 Å². The highest BCUT2D eigenvalue weighted by molar-refractivity contribution is 5.51. The summed E-state index contributed by atoms with van der Waals surface area (Å²) in [6.07, 6.45) is 4.44. The van der Waals surface area contributed by atoms with Gasteiger partial charge in [0.2, 0.25) is 0 Å². The molecule has 0 aliphatic carbocycles. The van der Waals surface area contributed by atoms with Crippen molar-refractivity contribution in [1.82, 2.24) is 0 Å². The lowest BCUT2D eigenvalue weighted by Crippen LogP contribution is -1.96. The number of aryl methyl sites for hydroxylation is 1. The second kappa shape index (κ2) is 6.99. The van der Waals surface area contributed by atoms with Crippen LogP contribution in [0.5, 0.6) is 17.2 Å². The molecule has 1 N–H and O–H groups in total. The molecule has 20 heavy (non-hydrogen) atoms. The van der Waals surface area contributed by atoms with Gasteiger partial charge in [0, 0.05) is 5.56 Å². The molecule has 2 aromatic rings. The molecule has 0 unspecified atom stereocenters. The Hall–Kier alpha value is -1.96. The van der Waals surface area contributed by atoms with Gasteiger partial charge in [0.05, 0.1) is 0 Å². The summed E-state index contributed by atoms with van der Waals surface area (Å²) in [5.74, 6) is 1.57. The lowest BCUT2D eigenvalue weighted by atomic mass is 10.0. The van der Waals surface area contributed by atoms with Gasteiger partial charge < -0.3 is 9.84 Å². The number of aromatic hydroxyl groups is 1. The number of hydrogen-bond acceptors (Lipinski definition) is 2. The highest BCUT2D eigenvalue weighted by Gasteiger charge is 2.13. The fourth-order valence-corrected chi connectivity index (χ4v) is 2.30. The van der Waals surface area contributed by atoms with Gasteiger partial charge in [-0.2, -0.15) is 0 Å². The summed E-state index contributed by atoms with van der Waals surface area (Å²) < 4.78 is 5.90. The van der Waals surface area contributed by atoms with Crippen molar-refractivity contribution in [2.75, 3.05) is 0 Å². The van der Waals surface area contributed by atoms with E-state index < -0.39 is 0 Å². The summed E-state index contributed by atoms with van der Waals surface area (Å²) in [4.78, 5) is 0. The van der Waals surface area contributed by atoms with E-state index in [2.05, 4.69) is 13.8 Å². The molecule has 0 heterocycles. The van der Waals surface area contributed by atoms with E-state index in [1.807, 2.05) is 36.4 Å². The molecule has 2 aromatic carbocycles. The van der Waals surface area contributed by atoms with Crippen molar-refractivity contribution >= 4 is 0 Å².